The molecule has 5 aliphatic carbocycles. The second-order valence-electron chi connectivity index (χ2n) is 9.82. The Bertz CT molecular complexity index is 593. The molecule has 24 heavy (non-hydrogen) atoms. The van der Waals surface area contributed by atoms with Crippen molar-refractivity contribution in [3.05, 3.63) is 24.0 Å². The number of hydrogen-bond donors (Lipinski definition) is 2. The van der Waals surface area contributed by atoms with E-state index in [0.717, 1.165) is 36.5 Å². The second kappa shape index (κ2) is 5.13. The fraction of sp³-hybridized carbons (Fsp3) is 0.818. The van der Waals surface area contributed by atoms with E-state index in [9.17, 15) is 10.2 Å². The summed E-state index contributed by atoms with van der Waals surface area (Å²) in [6, 6.07) is 0. The molecule has 2 nitrogen and oxygen atoms in total. The van der Waals surface area contributed by atoms with Gasteiger partial charge in [-0.2, -0.15) is 0 Å². The standard InChI is InChI=1S/C22H32O2/c1-21-11-8-15(23)13-14(21)4-5-16-17(21)9-12-22-10-2-3-20(24)19(22)7-6-18(16)22/h2-3,10,14-19,23-24H,4-9,11-13H2,1H3/t14-,15-,16-,17+,18+,19-,21+,22?/m1/s1. The van der Waals surface area contributed by atoms with Gasteiger partial charge in [0.05, 0.1) is 11.9 Å². The van der Waals surface area contributed by atoms with Crippen LogP contribution >= 0.6 is 0 Å². The highest BCUT2D eigenvalue weighted by Gasteiger charge is 2.61. The largest absolute Gasteiger partial charge is 0.512 e. The molecule has 1 unspecified atom stereocenters. The van der Waals surface area contributed by atoms with Gasteiger partial charge in [0.25, 0.3) is 0 Å². The second-order valence-corrected chi connectivity index (χ2v) is 9.82. The van der Waals surface area contributed by atoms with E-state index in [1.165, 1.54) is 44.9 Å². The average molecular weight is 328 g/mol. The summed E-state index contributed by atoms with van der Waals surface area (Å²) in [6.45, 7) is 2.55. The van der Waals surface area contributed by atoms with Crippen molar-refractivity contribution in [1.82, 2.24) is 0 Å². The van der Waals surface area contributed by atoms with Gasteiger partial charge in [-0.1, -0.05) is 19.1 Å². The third-order valence-corrected chi connectivity index (χ3v) is 9.26. The molecular formula is C22H32O2. The predicted octanol–water partition coefficient (Wildman–Crippen LogP) is 5.00. The van der Waals surface area contributed by atoms with E-state index in [-0.39, 0.29) is 11.5 Å². The molecule has 0 aliphatic heterocycles. The Morgan fingerprint density at radius 2 is 1.88 bits per heavy atom. The maximum Gasteiger partial charge on any atom is 0.0962 e. The molecule has 5 rings (SSSR count). The van der Waals surface area contributed by atoms with Crippen molar-refractivity contribution in [3.8, 4) is 0 Å². The van der Waals surface area contributed by atoms with Gasteiger partial charge in [-0.25, -0.2) is 0 Å². The van der Waals surface area contributed by atoms with Gasteiger partial charge in [-0.05, 0) is 93.0 Å². The lowest BCUT2D eigenvalue weighted by Crippen LogP contribution is -2.54. The van der Waals surface area contributed by atoms with Gasteiger partial charge in [0.1, 0.15) is 0 Å². The topological polar surface area (TPSA) is 40.5 Å². The molecule has 0 amide bonds. The molecule has 2 heteroatoms. The Balaban J connectivity index is 1.47. The summed E-state index contributed by atoms with van der Waals surface area (Å²) >= 11 is 0. The fourth-order valence-corrected chi connectivity index (χ4v) is 8.15. The average Bonchev–Trinajstić information content (AvgIpc) is 2.96. The van der Waals surface area contributed by atoms with Gasteiger partial charge >= 0.3 is 0 Å². The van der Waals surface area contributed by atoms with E-state index in [2.05, 4.69) is 19.1 Å². The lowest BCUT2D eigenvalue weighted by molar-refractivity contribution is -0.120. The normalized spacial score (nSPS) is 55.8. The van der Waals surface area contributed by atoms with Crippen molar-refractivity contribution >= 4 is 0 Å². The maximum atomic E-state index is 10.5. The van der Waals surface area contributed by atoms with Crippen molar-refractivity contribution < 1.29 is 10.2 Å². The molecule has 4 fully saturated rings. The highest BCUT2D eigenvalue weighted by Crippen LogP contribution is 2.69. The minimum atomic E-state index is -0.0474. The van der Waals surface area contributed by atoms with Crippen LogP contribution in [0.15, 0.2) is 24.0 Å². The first kappa shape index (κ1) is 15.5. The van der Waals surface area contributed by atoms with Crippen LogP contribution in [0.2, 0.25) is 0 Å². The van der Waals surface area contributed by atoms with E-state index in [1.807, 2.05) is 6.08 Å². The Labute approximate surface area is 146 Å². The van der Waals surface area contributed by atoms with Crippen molar-refractivity contribution in [2.75, 3.05) is 0 Å². The summed E-state index contributed by atoms with van der Waals surface area (Å²) < 4.78 is 0. The van der Waals surface area contributed by atoms with Gasteiger partial charge in [0.2, 0.25) is 0 Å². The highest BCUT2D eigenvalue weighted by molar-refractivity contribution is 5.29. The quantitative estimate of drug-likeness (QED) is 0.657. The van der Waals surface area contributed by atoms with Gasteiger partial charge in [-0.15, -0.1) is 0 Å². The van der Waals surface area contributed by atoms with E-state index in [0.29, 0.717) is 17.1 Å². The van der Waals surface area contributed by atoms with Crippen LogP contribution in [0, 0.1) is 40.4 Å². The Hall–Kier alpha value is -0.760. The number of rotatable bonds is 0. The smallest absolute Gasteiger partial charge is 0.0962 e. The molecule has 0 saturated heterocycles. The van der Waals surface area contributed by atoms with Crippen LogP contribution in [0.3, 0.4) is 0 Å². The SMILES string of the molecule is C[C@]12CC[C@@H](O)C[C@H]1CC[C@H]1[C@@H]3CC[C@@H]4C(O)=CC=CC43CC[C@@H]12. The summed E-state index contributed by atoms with van der Waals surface area (Å²) in [6.07, 6.45) is 17.5. The number of aliphatic hydroxyl groups excluding tert-OH is 2. The van der Waals surface area contributed by atoms with Crippen molar-refractivity contribution in [1.29, 1.82) is 0 Å². The van der Waals surface area contributed by atoms with E-state index in [1.54, 1.807) is 0 Å². The predicted molar refractivity (Wildman–Crippen MR) is 95.4 cm³/mol. The lowest BCUT2D eigenvalue weighted by atomic mass is 9.44. The van der Waals surface area contributed by atoms with Crippen LogP contribution in [0.25, 0.3) is 0 Å². The van der Waals surface area contributed by atoms with E-state index in [4.69, 9.17) is 0 Å². The first-order chi connectivity index (χ1) is 11.5. The molecule has 0 aromatic heterocycles. The van der Waals surface area contributed by atoms with Crippen LogP contribution in [0.1, 0.15) is 64.7 Å². The fourth-order valence-electron chi connectivity index (χ4n) is 8.15. The van der Waals surface area contributed by atoms with Gasteiger partial charge in [0.15, 0.2) is 0 Å². The summed E-state index contributed by atoms with van der Waals surface area (Å²) in [5.74, 6) is 4.25. The maximum absolute atomic E-state index is 10.5. The summed E-state index contributed by atoms with van der Waals surface area (Å²) in [5, 5.41) is 20.6. The minimum absolute atomic E-state index is 0.0474. The van der Waals surface area contributed by atoms with Crippen molar-refractivity contribution in [3.63, 3.8) is 0 Å². The minimum Gasteiger partial charge on any atom is -0.512 e. The van der Waals surface area contributed by atoms with Crippen LogP contribution in [0.4, 0.5) is 0 Å². The Morgan fingerprint density at radius 1 is 1.00 bits per heavy atom. The molecule has 2 N–H and O–H groups in total. The molecule has 4 saturated carbocycles. The van der Waals surface area contributed by atoms with E-state index >= 15 is 0 Å². The van der Waals surface area contributed by atoms with Gasteiger partial charge in [0, 0.05) is 11.3 Å². The highest BCUT2D eigenvalue weighted by atomic mass is 16.3. The zero-order chi connectivity index (χ0) is 16.5. The monoisotopic (exact) mass is 328 g/mol. The van der Waals surface area contributed by atoms with Crippen LogP contribution in [0.5, 0.6) is 0 Å². The molecular weight excluding hydrogens is 296 g/mol. The Kier molecular flexibility index (Phi) is 3.31. The zero-order valence-electron chi connectivity index (χ0n) is 15.0. The van der Waals surface area contributed by atoms with E-state index < -0.39 is 0 Å². The summed E-state index contributed by atoms with van der Waals surface area (Å²) in [5.41, 5.74) is 0.718. The number of aliphatic hydroxyl groups is 2. The zero-order valence-corrected chi connectivity index (χ0v) is 15.0. The molecule has 0 aromatic rings. The number of hydrogen-bond acceptors (Lipinski definition) is 2. The first-order valence-electron chi connectivity index (χ1n) is 10.3. The number of fused-ring (bicyclic) bond motifs is 4. The van der Waals surface area contributed by atoms with Gasteiger partial charge in [-0.3, -0.25) is 0 Å². The molecule has 0 aromatic carbocycles. The molecule has 0 heterocycles. The summed E-state index contributed by atoms with van der Waals surface area (Å²) in [7, 11) is 0. The van der Waals surface area contributed by atoms with Crippen LogP contribution in [-0.4, -0.2) is 16.3 Å². The van der Waals surface area contributed by atoms with Crippen LogP contribution < -0.4 is 0 Å². The van der Waals surface area contributed by atoms with Crippen LogP contribution in [-0.2, 0) is 0 Å². The third-order valence-electron chi connectivity index (χ3n) is 9.26. The summed E-state index contributed by atoms with van der Waals surface area (Å²) in [4.78, 5) is 0. The number of allylic oxidation sites excluding steroid dienone is 4. The molecule has 0 bridgehead atoms. The van der Waals surface area contributed by atoms with Crippen molar-refractivity contribution in [2.24, 2.45) is 40.4 Å². The lowest BCUT2D eigenvalue weighted by Gasteiger charge is -2.61. The molecule has 0 radical (unpaired) electrons. The third kappa shape index (κ3) is 1.87. The molecule has 1 spiro atoms. The first-order valence-corrected chi connectivity index (χ1v) is 10.3. The molecule has 132 valence electrons. The van der Waals surface area contributed by atoms with Gasteiger partial charge < -0.3 is 10.2 Å². The Morgan fingerprint density at radius 3 is 2.75 bits per heavy atom. The molecule has 5 aliphatic rings. The van der Waals surface area contributed by atoms with Crippen molar-refractivity contribution in [2.45, 2.75) is 70.8 Å². The molecule has 8 atom stereocenters.